The van der Waals surface area contributed by atoms with Gasteiger partial charge in [-0.2, -0.15) is 0 Å². The molecule has 0 bridgehead atoms. The van der Waals surface area contributed by atoms with E-state index in [0.717, 1.165) is 10.4 Å². The lowest BCUT2D eigenvalue weighted by molar-refractivity contribution is -0.118. The molecule has 0 unspecified atom stereocenters. The normalized spacial score (nSPS) is 10.3. The molecule has 1 amide bonds. The lowest BCUT2D eigenvalue weighted by Crippen LogP contribution is -2.21. The summed E-state index contributed by atoms with van der Waals surface area (Å²) in [6.45, 7) is 5.30. The number of carbonyl (C=O) groups excluding carboxylic acids is 3. The van der Waals surface area contributed by atoms with Crippen molar-refractivity contribution in [2.45, 2.75) is 20.8 Å². The Kier molecular flexibility index (Phi) is 6.76. The van der Waals surface area contributed by atoms with Gasteiger partial charge in [-0.05, 0) is 44.5 Å². The number of esters is 1. The van der Waals surface area contributed by atoms with Gasteiger partial charge in [0.05, 0.1) is 17.7 Å². The number of amides is 1. The Hall–Kier alpha value is -2.38. The number of ether oxygens (including phenoxy) is 2. The van der Waals surface area contributed by atoms with Crippen LogP contribution >= 0.6 is 22.9 Å². The van der Waals surface area contributed by atoms with Crippen LogP contribution in [0.4, 0.5) is 5.00 Å². The minimum Gasteiger partial charge on any atom is -0.483 e. The molecule has 2 aromatic rings. The topological polar surface area (TPSA) is 81.7 Å². The summed E-state index contributed by atoms with van der Waals surface area (Å²) in [5.41, 5.74) is 1.37. The zero-order valence-corrected chi connectivity index (χ0v) is 16.1. The molecule has 0 fully saturated rings. The van der Waals surface area contributed by atoms with Gasteiger partial charge < -0.3 is 14.8 Å². The Morgan fingerprint density at radius 2 is 2.04 bits per heavy atom. The first-order valence-corrected chi connectivity index (χ1v) is 9.01. The highest BCUT2D eigenvalue weighted by Crippen LogP contribution is 2.33. The zero-order valence-electron chi connectivity index (χ0n) is 14.6. The second-order valence-corrected chi connectivity index (χ2v) is 7.01. The van der Waals surface area contributed by atoms with Gasteiger partial charge in [-0.15, -0.1) is 11.3 Å². The van der Waals surface area contributed by atoms with Gasteiger partial charge in [-0.1, -0.05) is 11.6 Å². The third kappa shape index (κ3) is 4.62. The van der Waals surface area contributed by atoms with Gasteiger partial charge in [0.25, 0.3) is 5.91 Å². The number of carbonyl (C=O) groups is 3. The van der Waals surface area contributed by atoms with Crippen molar-refractivity contribution in [3.8, 4) is 5.75 Å². The van der Waals surface area contributed by atoms with Crippen LogP contribution in [0.2, 0.25) is 5.02 Å². The van der Waals surface area contributed by atoms with Crippen LogP contribution in [-0.2, 0) is 9.53 Å². The molecule has 138 valence electrons. The third-order valence-electron chi connectivity index (χ3n) is 3.58. The largest absolute Gasteiger partial charge is 0.483 e. The van der Waals surface area contributed by atoms with E-state index in [1.54, 1.807) is 19.9 Å². The van der Waals surface area contributed by atoms with E-state index in [0.29, 0.717) is 21.9 Å². The monoisotopic (exact) mass is 395 g/mol. The summed E-state index contributed by atoms with van der Waals surface area (Å²) in [7, 11) is 0. The van der Waals surface area contributed by atoms with Crippen LogP contribution in [0.25, 0.3) is 0 Å². The molecule has 8 heteroatoms. The molecule has 1 N–H and O–H groups in total. The van der Waals surface area contributed by atoms with Crippen molar-refractivity contribution < 1.29 is 23.9 Å². The average Bonchev–Trinajstić information content (AvgIpc) is 2.87. The Morgan fingerprint density at radius 1 is 1.31 bits per heavy atom. The summed E-state index contributed by atoms with van der Waals surface area (Å²) in [4.78, 5) is 36.3. The number of anilines is 1. The van der Waals surface area contributed by atoms with E-state index < -0.39 is 11.9 Å². The van der Waals surface area contributed by atoms with E-state index in [2.05, 4.69) is 5.32 Å². The van der Waals surface area contributed by atoms with Crippen LogP contribution in [0.3, 0.4) is 0 Å². The van der Waals surface area contributed by atoms with Crippen molar-refractivity contribution in [2.24, 2.45) is 0 Å². The first kappa shape index (κ1) is 19.9. The van der Waals surface area contributed by atoms with Crippen molar-refractivity contribution in [2.75, 3.05) is 18.5 Å². The molecular weight excluding hydrogens is 378 g/mol. The van der Waals surface area contributed by atoms with Gasteiger partial charge in [0, 0.05) is 9.90 Å². The summed E-state index contributed by atoms with van der Waals surface area (Å²) >= 11 is 7.11. The van der Waals surface area contributed by atoms with Crippen LogP contribution in [0, 0.1) is 13.8 Å². The van der Waals surface area contributed by atoms with Crippen LogP contribution in [0.15, 0.2) is 18.2 Å². The zero-order chi connectivity index (χ0) is 19.3. The first-order chi connectivity index (χ1) is 12.4. The maximum absolute atomic E-state index is 12.2. The molecule has 26 heavy (non-hydrogen) atoms. The molecule has 1 aromatic carbocycles. The predicted molar refractivity (Wildman–Crippen MR) is 101 cm³/mol. The molecule has 0 aliphatic rings. The summed E-state index contributed by atoms with van der Waals surface area (Å²) < 4.78 is 10.4. The highest BCUT2D eigenvalue weighted by atomic mass is 35.5. The molecule has 6 nitrogen and oxygen atoms in total. The van der Waals surface area contributed by atoms with Crippen molar-refractivity contribution in [3.63, 3.8) is 0 Å². The Morgan fingerprint density at radius 3 is 2.69 bits per heavy atom. The van der Waals surface area contributed by atoms with Gasteiger partial charge in [0.2, 0.25) is 0 Å². The first-order valence-electron chi connectivity index (χ1n) is 7.81. The van der Waals surface area contributed by atoms with Crippen molar-refractivity contribution in [1.82, 2.24) is 0 Å². The van der Waals surface area contributed by atoms with E-state index in [-0.39, 0.29) is 24.5 Å². The number of aryl methyl sites for hydroxylation is 1. The molecule has 0 radical (unpaired) electrons. The van der Waals surface area contributed by atoms with E-state index in [1.165, 1.54) is 23.5 Å². The SMILES string of the molecule is CCOC(=O)c1c(NC(=O)COc2ccc(Cl)cc2C=O)sc(C)c1C. The van der Waals surface area contributed by atoms with Gasteiger partial charge in [0.1, 0.15) is 10.8 Å². The van der Waals surface area contributed by atoms with Gasteiger partial charge in [0.15, 0.2) is 12.9 Å². The Balaban J connectivity index is 2.10. The van der Waals surface area contributed by atoms with Crippen LogP contribution in [0.1, 0.15) is 38.1 Å². The number of thiophene rings is 1. The number of rotatable bonds is 7. The standard InChI is InChI=1S/C18H18ClNO5S/c1-4-24-18(23)16-10(2)11(3)26-17(16)20-15(22)9-25-14-6-5-13(19)7-12(14)8-21/h5-8H,4,9H2,1-3H3,(H,20,22). The smallest absolute Gasteiger partial charge is 0.341 e. The second-order valence-electron chi connectivity index (χ2n) is 5.34. The third-order valence-corrected chi connectivity index (χ3v) is 4.93. The van der Waals surface area contributed by atoms with Gasteiger partial charge >= 0.3 is 5.97 Å². The van der Waals surface area contributed by atoms with E-state index >= 15 is 0 Å². The average molecular weight is 396 g/mol. The minimum absolute atomic E-state index is 0.245. The molecule has 0 saturated heterocycles. The summed E-state index contributed by atoms with van der Waals surface area (Å²) in [6, 6.07) is 4.53. The molecule has 0 atom stereocenters. The number of halogens is 1. The lowest BCUT2D eigenvalue weighted by atomic mass is 10.1. The summed E-state index contributed by atoms with van der Waals surface area (Å²) in [6.07, 6.45) is 0.601. The molecule has 1 aromatic heterocycles. The van der Waals surface area contributed by atoms with Crippen LogP contribution < -0.4 is 10.1 Å². The van der Waals surface area contributed by atoms with E-state index in [1.807, 2.05) is 6.92 Å². The number of hydrogen-bond acceptors (Lipinski definition) is 6. The molecule has 1 heterocycles. The minimum atomic E-state index is -0.480. The van der Waals surface area contributed by atoms with E-state index in [4.69, 9.17) is 21.1 Å². The number of nitrogens with one attached hydrogen (secondary N) is 1. The fourth-order valence-corrected chi connectivity index (χ4v) is 3.46. The Labute approximate surface area is 160 Å². The quantitative estimate of drug-likeness (QED) is 0.565. The predicted octanol–water partition coefficient (Wildman–Crippen LogP) is 4.03. The highest BCUT2D eigenvalue weighted by molar-refractivity contribution is 7.16. The number of benzene rings is 1. The van der Waals surface area contributed by atoms with Gasteiger partial charge in [-0.3, -0.25) is 9.59 Å². The maximum atomic E-state index is 12.2. The molecule has 2 rings (SSSR count). The second kappa shape index (κ2) is 8.82. The fraction of sp³-hybridized carbons (Fsp3) is 0.278. The number of hydrogen-bond donors (Lipinski definition) is 1. The Bertz CT molecular complexity index is 846. The van der Waals surface area contributed by atoms with Crippen molar-refractivity contribution in [1.29, 1.82) is 0 Å². The van der Waals surface area contributed by atoms with Crippen molar-refractivity contribution >= 4 is 46.1 Å². The number of aldehydes is 1. The molecule has 0 aliphatic carbocycles. The van der Waals surface area contributed by atoms with E-state index in [9.17, 15) is 14.4 Å². The molecule has 0 aliphatic heterocycles. The molecular formula is C18H18ClNO5S. The maximum Gasteiger partial charge on any atom is 0.341 e. The fourth-order valence-electron chi connectivity index (χ4n) is 2.21. The van der Waals surface area contributed by atoms with Crippen LogP contribution in [-0.4, -0.2) is 31.4 Å². The van der Waals surface area contributed by atoms with Gasteiger partial charge in [-0.25, -0.2) is 4.79 Å². The molecule has 0 spiro atoms. The van der Waals surface area contributed by atoms with Crippen LogP contribution in [0.5, 0.6) is 5.75 Å². The van der Waals surface area contributed by atoms with Crippen molar-refractivity contribution in [3.05, 3.63) is 44.8 Å². The molecule has 0 saturated carbocycles. The summed E-state index contributed by atoms with van der Waals surface area (Å²) in [5, 5.41) is 3.48. The summed E-state index contributed by atoms with van der Waals surface area (Å²) in [5.74, 6) is -0.682. The highest BCUT2D eigenvalue weighted by Gasteiger charge is 2.22. The lowest BCUT2D eigenvalue weighted by Gasteiger charge is -2.10.